The average Bonchev–Trinajstić information content (AvgIpc) is 3.42. The van der Waals surface area contributed by atoms with Crippen LogP contribution in [0, 0.1) is 0 Å². The molecule has 0 saturated heterocycles. The first-order valence-corrected chi connectivity index (χ1v) is 10.4. The molecule has 0 spiro atoms. The first-order valence-electron chi connectivity index (χ1n) is 9.60. The van der Waals surface area contributed by atoms with E-state index in [0.717, 1.165) is 36.0 Å². The van der Waals surface area contributed by atoms with E-state index in [1.54, 1.807) is 18.2 Å². The van der Waals surface area contributed by atoms with Crippen LogP contribution >= 0.6 is 23.2 Å². The Hall–Kier alpha value is -2.77. The number of amides is 1. The molecule has 30 heavy (non-hydrogen) atoms. The zero-order valence-corrected chi connectivity index (χ0v) is 17.2. The summed E-state index contributed by atoms with van der Waals surface area (Å²) < 4.78 is 4.33. The van der Waals surface area contributed by atoms with Crippen molar-refractivity contribution < 1.29 is 14.4 Å². The van der Waals surface area contributed by atoms with Crippen LogP contribution in [0.15, 0.2) is 33.6 Å². The number of hydrogen-bond donors (Lipinski definition) is 3. The third kappa shape index (κ3) is 3.18. The van der Waals surface area contributed by atoms with Crippen molar-refractivity contribution in [3.63, 3.8) is 0 Å². The van der Waals surface area contributed by atoms with Crippen LogP contribution in [0.4, 0.5) is 5.69 Å². The van der Waals surface area contributed by atoms with E-state index in [-0.39, 0.29) is 5.82 Å². The van der Waals surface area contributed by atoms with Gasteiger partial charge in [0, 0.05) is 27.7 Å². The van der Waals surface area contributed by atoms with E-state index in [2.05, 4.69) is 20.0 Å². The average molecular weight is 446 g/mol. The van der Waals surface area contributed by atoms with E-state index in [1.807, 2.05) is 6.07 Å². The Kier molecular flexibility index (Phi) is 4.60. The highest BCUT2D eigenvalue weighted by molar-refractivity contribution is 6.36. The van der Waals surface area contributed by atoms with Crippen molar-refractivity contribution >= 4 is 34.8 Å². The number of nitrogens with one attached hydrogen (secondary N) is 2. The SMILES string of the molecule is O=C(Nc1cc(Cl)c(Cc2ccc(O)c3c2C2CCC3C2)c(Cl)c1)c1noc(=O)[nH]1. The molecule has 0 aliphatic heterocycles. The molecule has 7 nitrogen and oxygen atoms in total. The van der Waals surface area contributed by atoms with Crippen molar-refractivity contribution in [2.45, 2.75) is 37.5 Å². The first kappa shape index (κ1) is 19.2. The maximum Gasteiger partial charge on any atom is 0.439 e. The number of carbonyl (C=O) groups excluding carboxylic acids is 1. The summed E-state index contributed by atoms with van der Waals surface area (Å²) in [5.74, 6) is -0.410. The number of benzene rings is 2. The second-order valence-corrected chi connectivity index (χ2v) is 8.59. The molecule has 2 atom stereocenters. The van der Waals surface area contributed by atoms with Crippen molar-refractivity contribution in [3.05, 3.63) is 72.9 Å². The van der Waals surface area contributed by atoms with Crippen LogP contribution in [0.25, 0.3) is 0 Å². The number of carbonyl (C=O) groups is 1. The van der Waals surface area contributed by atoms with Crippen LogP contribution in [0.3, 0.4) is 0 Å². The molecule has 9 heteroatoms. The highest BCUT2D eigenvalue weighted by Crippen LogP contribution is 2.57. The Balaban J connectivity index is 1.43. The number of H-pyrrole nitrogens is 1. The van der Waals surface area contributed by atoms with Gasteiger partial charge in [-0.2, -0.15) is 0 Å². The second-order valence-electron chi connectivity index (χ2n) is 7.77. The van der Waals surface area contributed by atoms with E-state index in [0.29, 0.717) is 39.7 Å². The standard InChI is InChI=1S/C21H17Cl2N3O4/c22-14-7-12(24-20(28)19-25-21(29)30-26-19)8-15(23)13(14)6-11-3-4-16(27)18-10-2-1-9(5-10)17(11)18/h3-4,7-10,27H,1-2,5-6H2,(H,24,28)(H,25,26,29). The monoisotopic (exact) mass is 445 g/mol. The number of aromatic amines is 1. The van der Waals surface area contributed by atoms with Crippen molar-refractivity contribution in [3.8, 4) is 5.75 Å². The number of phenolic OH excluding ortho intramolecular Hbond substituents is 1. The van der Waals surface area contributed by atoms with Gasteiger partial charge in [-0.25, -0.2) is 4.79 Å². The van der Waals surface area contributed by atoms with Gasteiger partial charge in [-0.1, -0.05) is 29.3 Å². The molecule has 2 unspecified atom stereocenters. The minimum absolute atomic E-state index is 0.244. The first-order chi connectivity index (χ1) is 14.4. The quantitative estimate of drug-likeness (QED) is 0.544. The van der Waals surface area contributed by atoms with Crippen molar-refractivity contribution in [2.24, 2.45) is 0 Å². The summed E-state index contributed by atoms with van der Waals surface area (Å²) in [5, 5.41) is 17.1. The van der Waals surface area contributed by atoms with Gasteiger partial charge in [0.1, 0.15) is 5.75 Å². The third-order valence-electron chi connectivity index (χ3n) is 6.03. The predicted octanol–water partition coefficient (Wildman–Crippen LogP) is 4.58. The third-order valence-corrected chi connectivity index (χ3v) is 6.70. The molecule has 5 rings (SSSR count). The Morgan fingerprint density at radius 1 is 1.20 bits per heavy atom. The number of nitrogens with zero attached hydrogens (tertiary/aromatic N) is 1. The number of rotatable bonds is 4. The van der Waals surface area contributed by atoms with Gasteiger partial charge in [-0.15, -0.1) is 0 Å². The number of hydrogen-bond acceptors (Lipinski definition) is 5. The van der Waals surface area contributed by atoms with Gasteiger partial charge in [0.05, 0.1) is 0 Å². The van der Waals surface area contributed by atoms with E-state index >= 15 is 0 Å². The zero-order chi connectivity index (χ0) is 21.0. The van der Waals surface area contributed by atoms with Gasteiger partial charge in [0.25, 0.3) is 5.91 Å². The molecule has 3 N–H and O–H groups in total. The largest absolute Gasteiger partial charge is 0.508 e. The molecule has 1 fully saturated rings. The van der Waals surface area contributed by atoms with Crippen molar-refractivity contribution in [1.82, 2.24) is 10.1 Å². The van der Waals surface area contributed by atoms with E-state index in [4.69, 9.17) is 23.2 Å². The Labute approximate surface area is 181 Å². The molecule has 1 amide bonds. The maximum absolute atomic E-state index is 12.1. The Morgan fingerprint density at radius 3 is 2.57 bits per heavy atom. The number of aromatic hydroxyl groups is 1. The normalized spacial score (nSPS) is 19.1. The minimum atomic E-state index is -0.818. The second kappa shape index (κ2) is 7.18. The molecule has 2 aliphatic carbocycles. The number of anilines is 1. The predicted molar refractivity (Wildman–Crippen MR) is 112 cm³/mol. The fourth-order valence-electron chi connectivity index (χ4n) is 4.79. The Morgan fingerprint density at radius 2 is 1.90 bits per heavy atom. The number of phenols is 1. The van der Waals surface area contributed by atoms with Gasteiger partial charge in [0.2, 0.25) is 5.82 Å². The highest BCUT2D eigenvalue weighted by Gasteiger charge is 2.40. The van der Waals surface area contributed by atoms with Crippen molar-refractivity contribution in [2.75, 3.05) is 5.32 Å². The topological polar surface area (TPSA) is 108 Å². The summed E-state index contributed by atoms with van der Waals surface area (Å²) in [7, 11) is 0. The van der Waals surface area contributed by atoms with Gasteiger partial charge < -0.3 is 10.4 Å². The molecular formula is C21H17Cl2N3O4. The van der Waals surface area contributed by atoms with Crippen LogP contribution < -0.4 is 11.1 Å². The lowest BCUT2D eigenvalue weighted by molar-refractivity contribution is 0.101. The summed E-state index contributed by atoms with van der Waals surface area (Å²) in [6.45, 7) is 0. The molecule has 1 heterocycles. The lowest BCUT2D eigenvalue weighted by atomic mass is 9.85. The lowest BCUT2D eigenvalue weighted by Gasteiger charge is -2.21. The summed E-state index contributed by atoms with van der Waals surface area (Å²) >= 11 is 13.0. The number of fused-ring (bicyclic) bond motifs is 5. The van der Waals surface area contributed by atoms with Gasteiger partial charge in [-0.3, -0.25) is 14.3 Å². The molecule has 2 aliphatic rings. The van der Waals surface area contributed by atoms with Crippen LogP contribution in [0.5, 0.6) is 5.75 Å². The number of halogens is 2. The molecule has 2 aromatic carbocycles. The van der Waals surface area contributed by atoms with Crippen LogP contribution in [0.1, 0.15) is 64.0 Å². The van der Waals surface area contributed by atoms with Crippen molar-refractivity contribution in [1.29, 1.82) is 0 Å². The smallest absolute Gasteiger partial charge is 0.439 e. The minimum Gasteiger partial charge on any atom is -0.508 e. The summed E-state index contributed by atoms with van der Waals surface area (Å²) in [6.07, 6.45) is 3.90. The van der Waals surface area contributed by atoms with Crippen LogP contribution in [-0.2, 0) is 6.42 Å². The molecule has 1 saturated carbocycles. The molecular weight excluding hydrogens is 429 g/mol. The molecule has 154 valence electrons. The van der Waals surface area contributed by atoms with E-state index < -0.39 is 11.7 Å². The summed E-state index contributed by atoms with van der Waals surface area (Å²) in [6, 6.07) is 6.90. The van der Waals surface area contributed by atoms with Crippen LogP contribution in [0.2, 0.25) is 10.0 Å². The summed E-state index contributed by atoms with van der Waals surface area (Å²) in [4.78, 5) is 25.3. The van der Waals surface area contributed by atoms with Crippen LogP contribution in [-0.4, -0.2) is 21.2 Å². The highest BCUT2D eigenvalue weighted by atomic mass is 35.5. The number of aromatic nitrogens is 2. The zero-order valence-electron chi connectivity index (χ0n) is 15.7. The van der Waals surface area contributed by atoms with Gasteiger partial charge in [-0.05, 0) is 71.1 Å². The molecule has 2 bridgehead atoms. The fraction of sp³-hybridized carbons (Fsp3) is 0.286. The lowest BCUT2D eigenvalue weighted by Crippen LogP contribution is -2.15. The molecule has 3 aromatic rings. The van der Waals surface area contributed by atoms with Gasteiger partial charge >= 0.3 is 5.76 Å². The molecule has 0 radical (unpaired) electrons. The Bertz CT molecular complexity index is 1210. The molecule has 1 aromatic heterocycles. The maximum atomic E-state index is 12.1. The van der Waals surface area contributed by atoms with Gasteiger partial charge in [0.15, 0.2) is 0 Å². The fourth-order valence-corrected chi connectivity index (χ4v) is 5.41. The summed E-state index contributed by atoms with van der Waals surface area (Å²) in [5.41, 5.74) is 4.57. The van der Waals surface area contributed by atoms with E-state index in [1.165, 1.54) is 5.56 Å². The van der Waals surface area contributed by atoms with E-state index in [9.17, 15) is 14.7 Å².